The Morgan fingerprint density at radius 1 is 1.15 bits per heavy atom. The summed E-state index contributed by atoms with van der Waals surface area (Å²) >= 11 is 3.26. The number of hydrogen-bond donors (Lipinski definition) is 1. The molecule has 0 aliphatic heterocycles. The van der Waals surface area contributed by atoms with Crippen LogP contribution in [0.25, 0.3) is 0 Å². The minimum Gasteiger partial charge on any atom is -0.478 e. The third-order valence-electron chi connectivity index (χ3n) is 3.83. The molecule has 1 amide bonds. The minimum absolute atomic E-state index is 0.110. The predicted octanol–water partition coefficient (Wildman–Crippen LogP) is 3.55. The van der Waals surface area contributed by atoms with Crippen LogP contribution in [0.4, 0.5) is 0 Å². The van der Waals surface area contributed by atoms with Gasteiger partial charge in [-0.25, -0.2) is 4.79 Å². The quantitative estimate of drug-likeness (QED) is 0.915. The Kier molecular flexibility index (Phi) is 4.81. The number of aromatic carboxylic acids is 1. The second-order valence-corrected chi connectivity index (χ2v) is 6.16. The van der Waals surface area contributed by atoms with Gasteiger partial charge in [0.15, 0.2) is 0 Å². The Labute approximate surface area is 126 Å². The number of carbonyl (C=O) groups is 2. The van der Waals surface area contributed by atoms with Crippen molar-refractivity contribution < 1.29 is 14.7 Å². The second kappa shape index (κ2) is 6.39. The molecule has 0 aromatic heterocycles. The zero-order chi connectivity index (χ0) is 14.7. The van der Waals surface area contributed by atoms with Crippen molar-refractivity contribution in [1.29, 1.82) is 0 Å². The van der Waals surface area contributed by atoms with Crippen LogP contribution in [0.5, 0.6) is 0 Å². The van der Waals surface area contributed by atoms with E-state index in [-0.39, 0.29) is 17.5 Å². The molecule has 0 atom stereocenters. The van der Waals surface area contributed by atoms with Gasteiger partial charge in [-0.2, -0.15) is 0 Å². The predicted molar refractivity (Wildman–Crippen MR) is 80.1 cm³/mol. The molecule has 1 saturated carbocycles. The molecule has 5 heteroatoms. The first-order valence-electron chi connectivity index (χ1n) is 6.80. The summed E-state index contributed by atoms with van der Waals surface area (Å²) in [7, 11) is 1.81. The van der Waals surface area contributed by atoms with Gasteiger partial charge in [0.25, 0.3) is 5.91 Å². The standard InChI is InChI=1S/C15H18BrNO3/c1-17(13-5-3-2-4-6-13)14(18)10-7-11(15(19)20)9-12(16)8-10/h7-9,13H,2-6H2,1H3,(H,19,20). The molecule has 108 valence electrons. The lowest BCUT2D eigenvalue weighted by Crippen LogP contribution is -2.38. The molecule has 0 radical (unpaired) electrons. The molecular formula is C15H18BrNO3. The lowest BCUT2D eigenvalue weighted by Gasteiger charge is -2.31. The zero-order valence-corrected chi connectivity index (χ0v) is 13.0. The largest absolute Gasteiger partial charge is 0.478 e. The molecule has 0 bridgehead atoms. The molecule has 0 saturated heterocycles. The Morgan fingerprint density at radius 3 is 2.35 bits per heavy atom. The average molecular weight is 340 g/mol. The van der Waals surface area contributed by atoms with Crippen molar-refractivity contribution in [3.63, 3.8) is 0 Å². The van der Waals surface area contributed by atoms with E-state index in [2.05, 4.69) is 15.9 Å². The minimum atomic E-state index is -1.03. The molecular weight excluding hydrogens is 322 g/mol. The number of carbonyl (C=O) groups excluding carboxylic acids is 1. The summed E-state index contributed by atoms with van der Waals surface area (Å²) < 4.78 is 0.609. The highest BCUT2D eigenvalue weighted by Crippen LogP contribution is 2.24. The first-order chi connectivity index (χ1) is 9.49. The van der Waals surface area contributed by atoms with Crippen LogP contribution in [-0.4, -0.2) is 35.0 Å². The van der Waals surface area contributed by atoms with Crippen LogP contribution in [-0.2, 0) is 0 Å². The van der Waals surface area contributed by atoms with Crippen LogP contribution in [0.2, 0.25) is 0 Å². The number of benzene rings is 1. The number of amides is 1. The van der Waals surface area contributed by atoms with Crippen molar-refractivity contribution in [3.8, 4) is 0 Å². The number of carboxylic acid groups (broad SMARTS) is 1. The fourth-order valence-corrected chi connectivity index (χ4v) is 3.17. The Bertz CT molecular complexity index is 524. The van der Waals surface area contributed by atoms with E-state index in [0.717, 1.165) is 25.7 Å². The van der Waals surface area contributed by atoms with Gasteiger partial charge in [-0.15, -0.1) is 0 Å². The number of rotatable bonds is 3. The van der Waals surface area contributed by atoms with Gasteiger partial charge in [0.05, 0.1) is 5.56 Å². The topological polar surface area (TPSA) is 57.6 Å². The molecule has 0 unspecified atom stereocenters. The lowest BCUT2D eigenvalue weighted by molar-refractivity contribution is 0.0696. The second-order valence-electron chi connectivity index (χ2n) is 5.24. The van der Waals surface area contributed by atoms with Crippen molar-refractivity contribution in [2.45, 2.75) is 38.1 Å². The van der Waals surface area contributed by atoms with Crippen molar-refractivity contribution in [2.24, 2.45) is 0 Å². The van der Waals surface area contributed by atoms with Gasteiger partial charge in [0, 0.05) is 23.1 Å². The van der Waals surface area contributed by atoms with Gasteiger partial charge in [0.2, 0.25) is 0 Å². The monoisotopic (exact) mass is 339 g/mol. The summed E-state index contributed by atoms with van der Waals surface area (Å²) in [6.45, 7) is 0. The molecule has 4 nitrogen and oxygen atoms in total. The molecule has 1 N–H and O–H groups in total. The van der Waals surface area contributed by atoms with Crippen molar-refractivity contribution in [3.05, 3.63) is 33.8 Å². The van der Waals surface area contributed by atoms with Crippen molar-refractivity contribution >= 4 is 27.8 Å². The van der Waals surface area contributed by atoms with E-state index in [4.69, 9.17) is 5.11 Å². The summed E-state index contributed by atoms with van der Waals surface area (Å²) in [4.78, 5) is 25.3. The maximum Gasteiger partial charge on any atom is 0.335 e. The average Bonchev–Trinajstić information content (AvgIpc) is 2.46. The number of nitrogens with zero attached hydrogens (tertiary/aromatic N) is 1. The highest BCUT2D eigenvalue weighted by Gasteiger charge is 2.23. The molecule has 1 aliphatic carbocycles. The van der Waals surface area contributed by atoms with Gasteiger partial charge in [0.1, 0.15) is 0 Å². The third-order valence-corrected chi connectivity index (χ3v) is 4.29. The summed E-state index contributed by atoms with van der Waals surface area (Å²) in [5, 5.41) is 9.06. The van der Waals surface area contributed by atoms with E-state index in [1.807, 2.05) is 0 Å². The first kappa shape index (κ1) is 15.0. The Balaban J connectivity index is 2.21. The van der Waals surface area contributed by atoms with E-state index in [0.29, 0.717) is 10.0 Å². The molecule has 0 spiro atoms. The van der Waals surface area contributed by atoms with Gasteiger partial charge >= 0.3 is 5.97 Å². The van der Waals surface area contributed by atoms with Gasteiger partial charge in [-0.3, -0.25) is 4.79 Å². The van der Waals surface area contributed by atoms with Crippen LogP contribution >= 0.6 is 15.9 Å². The van der Waals surface area contributed by atoms with E-state index >= 15 is 0 Å². The van der Waals surface area contributed by atoms with Crippen LogP contribution in [0, 0.1) is 0 Å². The van der Waals surface area contributed by atoms with Crippen LogP contribution in [0.3, 0.4) is 0 Å². The van der Waals surface area contributed by atoms with Crippen LogP contribution in [0.15, 0.2) is 22.7 Å². The number of carboxylic acids is 1. The summed E-state index contributed by atoms with van der Waals surface area (Å²) in [5.74, 6) is -1.14. The van der Waals surface area contributed by atoms with E-state index in [9.17, 15) is 9.59 Å². The summed E-state index contributed by atoms with van der Waals surface area (Å²) in [6, 6.07) is 4.88. The smallest absolute Gasteiger partial charge is 0.335 e. The van der Waals surface area contributed by atoms with E-state index < -0.39 is 5.97 Å². The van der Waals surface area contributed by atoms with Crippen LogP contribution < -0.4 is 0 Å². The lowest BCUT2D eigenvalue weighted by atomic mass is 9.94. The Morgan fingerprint density at radius 2 is 1.75 bits per heavy atom. The normalized spacial score (nSPS) is 15.9. The fraction of sp³-hybridized carbons (Fsp3) is 0.467. The molecule has 1 aromatic rings. The summed E-state index contributed by atoms with van der Waals surface area (Å²) in [6.07, 6.45) is 5.60. The summed E-state index contributed by atoms with van der Waals surface area (Å²) in [5.41, 5.74) is 0.546. The molecule has 0 heterocycles. The van der Waals surface area contributed by atoms with Gasteiger partial charge in [-0.05, 0) is 31.0 Å². The molecule has 2 rings (SSSR count). The van der Waals surface area contributed by atoms with Crippen molar-refractivity contribution in [1.82, 2.24) is 4.90 Å². The van der Waals surface area contributed by atoms with E-state index in [1.54, 1.807) is 18.0 Å². The maximum atomic E-state index is 12.5. The van der Waals surface area contributed by atoms with Gasteiger partial charge < -0.3 is 10.0 Å². The number of halogens is 1. The van der Waals surface area contributed by atoms with Crippen LogP contribution in [0.1, 0.15) is 52.8 Å². The van der Waals surface area contributed by atoms with Gasteiger partial charge in [-0.1, -0.05) is 35.2 Å². The molecule has 20 heavy (non-hydrogen) atoms. The Hall–Kier alpha value is -1.36. The SMILES string of the molecule is CN(C(=O)c1cc(Br)cc(C(=O)O)c1)C1CCCCC1. The number of hydrogen-bond acceptors (Lipinski definition) is 2. The van der Waals surface area contributed by atoms with Crippen molar-refractivity contribution in [2.75, 3.05) is 7.05 Å². The molecule has 1 aromatic carbocycles. The first-order valence-corrected chi connectivity index (χ1v) is 7.59. The fourth-order valence-electron chi connectivity index (χ4n) is 2.67. The van der Waals surface area contributed by atoms with E-state index in [1.165, 1.54) is 18.6 Å². The molecule has 1 fully saturated rings. The molecule has 1 aliphatic rings. The highest BCUT2D eigenvalue weighted by atomic mass is 79.9. The highest BCUT2D eigenvalue weighted by molar-refractivity contribution is 9.10. The zero-order valence-electron chi connectivity index (χ0n) is 11.4. The third kappa shape index (κ3) is 3.39. The maximum absolute atomic E-state index is 12.5.